The molecule has 0 atom stereocenters. The molecule has 4 rings (SSSR count). The molecule has 0 spiro atoms. The minimum absolute atomic E-state index is 0.206. The first-order valence-corrected chi connectivity index (χ1v) is 15.9. The van der Waals surface area contributed by atoms with Crippen LogP contribution in [0.2, 0.25) is 0 Å². The summed E-state index contributed by atoms with van der Waals surface area (Å²) >= 11 is 0. The molecule has 234 valence electrons. The van der Waals surface area contributed by atoms with Gasteiger partial charge in [-0.2, -0.15) is 0 Å². The molecule has 0 bridgehead atoms. The van der Waals surface area contributed by atoms with E-state index in [1.54, 1.807) is 10.8 Å². The van der Waals surface area contributed by atoms with Crippen molar-refractivity contribution in [3.05, 3.63) is 82.3 Å². The predicted molar refractivity (Wildman–Crippen MR) is 182 cm³/mol. The fraction of sp³-hybridized carbons (Fsp3) is 0.417. The highest BCUT2D eigenvalue weighted by Gasteiger charge is 2.22. The Bertz CT molecular complexity index is 1610. The van der Waals surface area contributed by atoms with Crippen molar-refractivity contribution in [3.8, 4) is 16.9 Å². The molecule has 0 aliphatic heterocycles. The minimum atomic E-state index is -0.462. The van der Waals surface area contributed by atoms with Crippen LogP contribution < -0.4 is 20.9 Å². The molecule has 8 heteroatoms. The first-order chi connectivity index (χ1) is 21.2. The number of hydrogen-bond donors (Lipinski definition) is 2. The van der Waals surface area contributed by atoms with Crippen molar-refractivity contribution in [2.45, 2.75) is 73.3 Å². The van der Waals surface area contributed by atoms with Gasteiger partial charge in [-0.25, -0.2) is 9.78 Å². The van der Waals surface area contributed by atoms with Crippen LogP contribution in [0.3, 0.4) is 0 Å². The van der Waals surface area contributed by atoms with Gasteiger partial charge in [-0.05, 0) is 72.3 Å². The normalized spacial score (nSPS) is 11.5. The summed E-state index contributed by atoms with van der Waals surface area (Å²) in [5.74, 6) is 1.11. The van der Waals surface area contributed by atoms with E-state index < -0.39 is 6.03 Å². The molecular weight excluding hydrogens is 550 g/mol. The van der Waals surface area contributed by atoms with Crippen LogP contribution in [0.4, 0.5) is 16.2 Å². The topological polar surface area (TPSA) is 88.5 Å². The van der Waals surface area contributed by atoms with Gasteiger partial charge >= 0.3 is 6.03 Å². The Hall–Kier alpha value is -4.17. The maximum atomic E-state index is 14.1. The third kappa shape index (κ3) is 7.30. The van der Waals surface area contributed by atoms with Gasteiger partial charge in [-0.1, -0.05) is 78.8 Å². The quantitative estimate of drug-likeness (QED) is 0.163. The highest BCUT2D eigenvalue weighted by atomic mass is 16.5. The van der Waals surface area contributed by atoms with Gasteiger partial charge in [-0.15, -0.1) is 0 Å². The van der Waals surface area contributed by atoms with Crippen LogP contribution in [-0.4, -0.2) is 46.7 Å². The highest BCUT2D eigenvalue weighted by molar-refractivity contribution is 6.07. The van der Waals surface area contributed by atoms with Crippen molar-refractivity contribution < 1.29 is 9.53 Å². The summed E-state index contributed by atoms with van der Waals surface area (Å²) in [7, 11) is 0. The molecule has 2 aromatic carbocycles. The summed E-state index contributed by atoms with van der Waals surface area (Å²) in [6.07, 6.45) is 2.44. The lowest BCUT2D eigenvalue weighted by atomic mass is 9.93. The fourth-order valence-corrected chi connectivity index (χ4v) is 5.65. The van der Waals surface area contributed by atoms with Crippen LogP contribution in [-0.2, 0) is 6.54 Å². The molecule has 44 heavy (non-hydrogen) atoms. The number of aryl methyl sites for hydroxylation is 1. The second kappa shape index (κ2) is 15.0. The zero-order valence-electron chi connectivity index (χ0n) is 27.2. The Balaban J connectivity index is 1.81. The van der Waals surface area contributed by atoms with Crippen LogP contribution in [0.5, 0.6) is 5.75 Å². The Kier molecular flexibility index (Phi) is 11.2. The molecule has 0 aliphatic rings. The van der Waals surface area contributed by atoms with E-state index in [0.717, 1.165) is 53.8 Å². The van der Waals surface area contributed by atoms with E-state index in [9.17, 15) is 9.59 Å². The van der Waals surface area contributed by atoms with Gasteiger partial charge in [0.2, 0.25) is 0 Å². The van der Waals surface area contributed by atoms with Gasteiger partial charge in [0.15, 0.2) is 0 Å². The molecule has 0 saturated heterocycles. The predicted octanol–water partition coefficient (Wildman–Crippen LogP) is 8.08. The number of benzene rings is 2. The number of fused-ring (bicyclic) bond motifs is 1. The molecule has 0 unspecified atom stereocenters. The molecule has 0 radical (unpaired) electrons. The number of amides is 2. The van der Waals surface area contributed by atoms with Crippen LogP contribution in [0.1, 0.15) is 77.8 Å². The maximum Gasteiger partial charge on any atom is 0.323 e. The Labute approximate surface area is 261 Å². The summed E-state index contributed by atoms with van der Waals surface area (Å²) in [6.45, 7) is 18.5. The number of anilines is 2. The summed E-state index contributed by atoms with van der Waals surface area (Å²) < 4.78 is 7.79. The monoisotopic (exact) mass is 597 g/mol. The Morgan fingerprint density at radius 1 is 0.909 bits per heavy atom. The number of rotatable bonds is 13. The van der Waals surface area contributed by atoms with E-state index >= 15 is 0 Å². The summed E-state index contributed by atoms with van der Waals surface area (Å²) in [5, 5.41) is 6.88. The molecule has 4 aromatic rings. The van der Waals surface area contributed by atoms with Crippen LogP contribution in [0.15, 0.2) is 65.6 Å². The number of nitrogens with zero attached hydrogens (tertiary/aromatic N) is 3. The molecule has 2 aromatic heterocycles. The number of pyridine rings is 2. The van der Waals surface area contributed by atoms with Gasteiger partial charge in [-0.3, -0.25) is 9.36 Å². The molecule has 0 aliphatic carbocycles. The number of carbonyl (C=O) groups is 1. The van der Waals surface area contributed by atoms with Crippen molar-refractivity contribution in [1.82, 2.24) is 14.5 Å². The van der Waals surface area contributed by atoms with Crippen molar-refractivity contribution >= 4 is 28.4 Å². The lowest BCUT2D eigenvalue weighted by Gasteiger charge is -2.22. The first kappa shape index (κ1) is 32.7. The van der Waals surface area contributed by atoms with Crippen molar-refractivity contribution in [2.75, 3.05) is 36.9 Å². The number of aromatic nitrogens is 2. The SMILES string of the molecule is CCCn1c(=O)c(NC(=O)Nc2c(C(C)C)cccc2C(C)C)c(-c2cccc(OCCN(CC)CC)c2)c2cccnc21. The number of nitrogens with one attached hydrogen (secondary N) is 2. The Morgan fingerprint density at radius 2 is 1.57 bits per heavy atom. The van der Waals surface area contributed by atoms with E-state index in [2.05, 4.69) is 62.1 Å². The van der Waals surface area contributed by atoms with Crippen LogP contribution in [0.25, 0.3) is 22.2 Å². The second-order valence-electron chi connectivity index (χ2n) is 11.7. The van der Waals surface area contributed by atoms with Crippen molar-refractivity contribution in [3.63, 3.8) is 0 Å². The lowest BCUT2D eigenvalue weighted by Crippen LogP contribution is -2.30. The Morgan fingerprint density at radius 3 is 2.20 bits per heavy atom. The zero-order chi connectivity index (χ0) is 31.8. The summed E-state index contributed by atoms with van der Waals surface area (Å²) in [5.41, 5.74) is 4.78. The largest absolute Gasteiger partial charge is 0.492 e. The molecule has 0 fully saturated rings. The van der Waals surface area contributed by atoms with E-state index in [1.165, 1.54) is 0 Å². The highest BCUT2D eigenvalue weighted by Crippen LogP contribution is 2.36. The minimum Gasteiger partial charge on any atom is -0.492 e. The lowest BCUT2D eigenvalue weighted by molar-refractivity contribution is 0.223. The summed E-state index contributed by atoms with van der Waals surface area (Å²) in [6, 6.07) is 17.2. The fourth-order valence-electron chi connectivity index (χ4n) is 5.65. The van der Waals surface area contributed by atoms with Gasteiger partial charge in [0, 0.05) is 35.9 Å². The average Bonchev–Trinajstić information content (AvgIpc) is 3.01. The van der Waals surface area contributed by atoms with E-state index in [4.69, 9.17) is 4.74 Å². The number of urea groups is 1. The first-order valence-electron chi connectivity index (χ1n) is 15.9. The average molecular weight is 598 g/mol. The number of para-hydroxylation sites is 1. The molecule has 8 nitrogen and oxygen atoms in total. The number of likely N-dealkylation sites (N-methyl/N-ethyl adjacent to an activating group) is 1. The molecule has 2 amide bonds. The van der Waals surface area contributed by atoms with Crippen LogP contribution in [0, 0.1) is 0 Å². The van der Waals surface area contributed by atoms with Gasteiger partial charge in [0.05, 0.1) is 0 Å². The smallest absolute Gasteiger partial charge is 0.323 e. The van der Waals surface area contributed by atoms with E-state index in [0.29, 0.717) is 30.1 Å². The molecule has 2 heterocycles. The number of hydrogen-bond acceptors (Lipinski definition) is 5. The third-order valence-corrected chi connectivity index (χ3v) is 8.01. The van der Waals surface area contributed by atoms with Crippen LogP contribution >= 0.6 is 0 Å². The van der Waals surface area contributed by atoms with Gasteiger partial charge < -0.3 is 20.3 Å². The molecule has 0 saturated carbocycles. The molecular formula is C36H47N5O3. The third-order valence-electron chi connectivity index (χ3n) is 8.01. The maximum absolute atomic E-state index is 14.1. The standard InChI is InChI=1S/C36H47N5O3/c1-8-20-41-34-30(18-13-19-37-34)31(26-14-11-15-27(23-26)44-22-21-40(9-2)10-3)33(35(41)42)39-36(43)38-32-28(24(4)5)16-12-17-29(32)25(6)7/h11-19,23-25H,8-10,20-22H2,1-7H3,(H2,38,39,43). The number of carbonyl (C=O) groups excluding carboxylic acids is 1. The molecule has 2 N–H and O–H groups in total. The second-order valence-corrected chi connectivity index (χ2v) is 11.7. The van der Waals surface area contributed by atoms with Crippen molar-refractivity contribution in [2.24, 2.45) is 0 Å². The number of ether oxygens (including phenoxy) is 1. The zero-order valence-corrected chi connectivity index (χ0v) is 27.2. The van der Waals surface area contributed by atoms with Gasteiger partial charge in [0.1, 0.15) is 23.7 Å². The van der Waals surface area contributed by atoms with E-state index in [1.807, 2.05) is 61.5 Å². The van der Waals surface area contributed by atoms with Crippen molar-refractivity contribution in [1.29, 1.82) is 0 Å². The van der Waals surface area contributed by atoms with Gasteiger partial charge in [0.25, 0.3) is 5.56 Å². The van der Waals surface area contributed by atoms with E-state index in [-0.39, 0.29) is 23.1 Å². The summed E-state index contributed by atoms with van der Waals surface area (Å²) in [4.78, 5) is 34.8.